The molecule has 0 bridgehead atoms. The van der Waals surface area contributed by atoms with Gasteiger partial charge in [0.1, 0.15) is 17.3 Å². The third-order valence-electron chi connectivity index (χ3n) is 3.68. The van der Waals surface area contributed by atoms with Crippen LogP contribution in [-0.4, -0.2) is 31.3 Å². The Hall–Kier alpha value is -2.54. The van der Waals surface area contributed by atoms with Crippen LogP contribution in [0.25, 0.3) is 0 Å². The largest absolute Gasteiger partial charge is 0.497 e. The Morgan fingerprint density at radius 1 is 1.21 bits per heavy atom. The first-order valence-corrected chi connectivity index (χ1v) is 7.66. The smallest absolute Gasteiger partial charge is 0.242 e. The predicted molar refractivity (Wildman–Crippen MR) is 90.4 cm³/mol. The quantitative estimate of drug-likeness (QED) is 0.810. The van der Waals surface area contributed by atoms with E-state index in [2.05, 4.69) is 15.8 Å². The van der Waals surface area contributed by atoms with Gasteiger partial charge in [0.25, 0.3) is 0 Å². The SMILES string of the molecule is COc1ccc(OC)c([C@H](C)N[C@H](C)C(=O)Nc2cc(C)on2)c1. The Morgan fingerprint density at radius 3 is 2.54 bits per heavy atom. The minimum absolute atomic E-state index is 0.116. The van der Waals surface area contributed by atoms with Crippen molar-refractivity contribution in [3.8, 4) is 11.5 Å². The molecule has 130 valence electrons. The van der Waals surface area contributed by atoms with Gasteiger partial charge in [-0.25, -0.2) is 0 Å². The van der Waals surface area contributed by atoms with Crippen molar-refractivity contribution in [2.75, 3.05) is 19.5 Å². The zero-order valence-electron chi connectivity index (χ0n) is 14.5. The summed E-state index contributed by atoms with van der Waals surface area (Å²) >= 11 is 0. The van der Waals surface area contributed by atoms with E-state index in [-0.39, 0.29) is 11.9 Å². The number of benzene rings is 1. The Labute approximate surface area is 141 Å². The summed E-state index contributed by atoms with van der Waals surface area (Å²) in [6, 6.07) is 6.68. The maximum absolute atomic E-state index is 12.3. The molecule has 0 aliphatic heterocycles. The summed E-state index contributed by atoms with van der Waals surface area (Å²) in [6.45, 7) is 5.51. The van der Waals surface area contributed by atoms with Gasteiger partial charge in [0.2, 0.25) is 5.91 Å². The van der Waals surface area contributed by atoms with Gasteiger partial charge in [0, 0.05) is 17.7 Å². The number of methoxy groups -OCH3 is 2. The zero-order chi connectivity index (χ0) is 17.7. The van der Waals surface area contributed by atoms with Crippen molar-refractivity contribution in [2.45, 2.75) is 32.9 Å². The maximum Gasteiger partial charge on any atom is 0.242 e. The first-order valence-electron chi connectivity index (χ1n) is 7.66. The normalized spacial score (nSPS) is 13.2. The number of amides is 1. The Balaban J connectivity index is 2.05. The summed E-state index contributed by atoms with van der Waals surface area (Å²) in [5, 5.41) is 9.71. The number of hydrogen-bond acceptors (Lipinski definition) is 6. The first kappa shape index (κ1) is 17.8. The number of aryl methyl sites for hydroxylation is 1. The van der Waals surface area contributed by atoms with Gasteiger partial charge in [0.15, 0.2) is 5.82 Å². The van der Waals surface area contributed by atoms with Crippen LogP contribution in [0.2, 0.25) is 0 Å². The van der Waals surface area contributed by atoms with Gasteiger partial charge in [-0.2, -0.15) is 0 Å². The minimum atomic E-state index is -0.437. The average molecular weight is 333 g/mol. The highest BCUT2D eigenvalue weighted by Gasteiger charge is 2.20. The van der Waals surface area contributed by atoms with Crippen LogP contribution in [0.4, 0.5) is 5.82 Å². The monoisotopic (exact) mass is 333 g/mol. The highest BCUT2D eigenvalue weighted by atomic mass is 16.5. The van der Waals surface area contributed by atoms with Crippen LogP contribution in [0.5, 0.6) is 11.5 Å². The molecule has 1 amide bonds. The van der Waals surface area contributed by atoms with Crippen molar-refractivity contribution in [1.29, 1.82) is 0 Å². The van der Waals surface area contributed by atoms with Crippen molar-refractivity contribution in [3.05, 3.63) is 35.6 Å². The lowest BCUT2D eigenvalue weighted by molar-refractivity contribution is -0.118. The third-order valence-corrected chi connectivity index (χ3v) is 3.68. The van der Waals surface area contributed by atoms with Gasteiger partial charge in [-0.1, -0.05) is 5.16 Å². The molecule has 0 radical (unpaired) electrons. The lowest BCUT2D eigenvalue weighted by atomic mass is 10.1. The van der Waals surface area contributed by atoms with Crippen LogP contribution in [0.15, 0.2) is 28.8 Å². The van der Waals surface area contributed by atoms with E-state index in [1.54, 1.807) is 34.1 Å². The van der Waals surface area contributed by atoms with Gasteiger partial charge in [-0.3, -0.25) is 10.1 Å². The highest BCUT2D eigenvalue weighted by molar-refractivity contribution is 5.93. The fourth-order valence-corrected chi connectivity index (χ4v) is 2.38. The van der Waals surface area contributed by atoms with E-state index in [0.29, 0.717) is 11.6 Å². The summed E-state index contributed by atoms with van der Waals surface area (Å²) in [4.78, 5) is 12.3. The molecule has 2 N–H and O–H groups in total. The lowest BCUT2D eigenvalue weighted by Gasteiger charge is -2.21. The lowest BCUT2D eigenvalue weighted by Crippen LogP contribution is -2.39. The third kappa shape index (κ3) is 4.26. The summed E-state index contributed by atoms with van der Waals surface area (Å²) < 4.78 is 15.6. The number of rotatable bonds is 7. The van der Waals surface area contributed by atoms with Crippen molar-refractivity contribution in [3.63, 3.8) is 0 Å². The van der Waals surface area contributed by atoms with Crippen LogP contribution < -0.4 is 20.1 Å². The van der Waals surface area contributed by atoms with Crippen molar-refractivity contribution < 1.29 is 18.8 Å². The predicted octanol–water partition coefficient (Wildman–Crippen LogP) is 2.68. The molecule has 1 aromatic carbocycles. The van der Waals surface area contributed by atoms with E-state index in [4.69, 9.17) is 14.0 Å². The van der Waals surface area contributed by atoms with E-state index in [1.165, 1.54) is 0 Å². The standard InChI is InChI=1S/C17H23N3O4/c1-10-8-16(20-24-10)19-17(21)12(3)18-11(2)14-9-13(22-4)6-7-15(14)23-5/h6-9,11-12,18H,1-5H3,(H,19,20,21)/t11-,12+/m0/s1. The van der Waals surface area contributed by atoms with E-state index in [1.807, 2.05) is 25.1 Å². The molecule has 2 aromatic rings. The van der Waals surface area contributed by atoms with Gasteiger partial charge in [-0.05, 0) is 39.0 Å². The maximum atomic E-state index is 12.3. The summed E-state index contributed by atoms with van der Waals surface area (Å²) in [6.07, 6.45) is 0. The Morgan fingerprint density at radius 2 is 1.96 bits per heavy atom. The van der Waals surface area contributed by atoms with Crippen molar-refractivity contribution in [1.82, 2.24) is 10.5 Å². The number of carbonyl (C=O) groups is 1. The molecule has 7 nitrogen and oxygen atoms in total. The second kappa shape index (κ2) is 7.83. The molecule has 0 saturated heterocycles. The van der Waals surface area contributed by atoms with Gasteiger partial charge in [-0.15, -0.1) is 0 Å². The molecule has 0 fully saturated rings. The fourth-order valence-electron chi connectivity index (χ4n) is 2.38. The molecule has 2 rings (SSSR count). The molecule has 1 heterocycles. The summed E-state index contributed by atoms with van der Waals surface area (Å²) in [5.74, 6) is 2.31. The van der Waals surface area contributed by atoms with E-state index < -0.39 is 6.04 Å². The number of anilines is 1. The summed E-state index contributed by atoms with van der Waals surface area (Å²) in [5.41, 5.74) is 0.911. The number of nitrogens with zero attached hydrogens (tertiary/aromatic N) is 1. The van der Waals surface area contributed by atoms with Crippen molar-refractivity contribution in [2.24, 2.45) is 0 Å². The number of ether oxygens (including phenoxy) is 2. The molecule has 7 heteroatoms. The molecular weight excluding hydrogens is 310 g/mol. The second-order valence-corrected chi connectivity index (χ2v) is 5.53. The van der Waals surface area contributed by atoms with Gasteiger partial charge < -0.3 is 19.3 Å². The van der Waals surface area contributed by atoms with Crippen LogP contribution in [0.1, 0.15) is 31.2 Å². The molecule has 0 saturated carbocycles. The molecule has 1 aromatic heterocycles. The van der Waals surface area contributed by atoms with Crippen LogP contribution in [0, 0.1) is 6.92 Å². The summed E-state index contributed by atoms with van der Waals surface area (Å²) in [7, 11) is 3.22. The number of nitrogens with one attached hydrogen (secondary N) is 2. The molecule has 0 spiro atoms. The van der Waals surface area contributed by atoms with Crippen LogP contribution in [-0.2, 0) is 4.79 Å². The van der Waals surface area contributed by atoms with Crippen molar-refractivity contribution >= 4 is 11.7 Å². The second-order valence-electron chi connectivity index (χ2n) is 5.53. The Bertz CT molecular complexity index is 699. The number of aromatic nitrogens is 1. The highest BCUT2D eigenvalue weighted by Crippen LogP contribution is 2.29. The number of carbonyl (C=O) groups excluding carboxylic acids is 1. The van der Waals surface area contributed by atoms with Gasteiger partial charge >= 0.3 is 0 Å². The van der Waals surface area contributed by atoms with E-state index in [9.17, 15) is 4.79 Å². The van der Waals surface area contributed by atoms with Crippen LogP contribution in [0.3, 0.4) is 0 Å². The fraction of sp³-hybridized carbons (Fsp3) is 0.412. The first-order chi connectivity index (χ1) is 11.4. The topological polar surface area (TPSA) is 85.6 Å². The minimum Gasteiger partial charge on any atom is -0.497 e. The Kier molecular flexibility index (Phi) is 5.81. The molecular formula is C17H23N3O4. The van der Waals surface area contributed by atoms with Gasteiger partial charge in [0.05, 0.1) is 20.3 Å². The average Bonchev–Trinajstić information content (AvgIpc) is 2.98. The van der Waals surface area contributed by atoms with Crippen LogP contribution >= 0.6 is 0 Å². The van der Waals surface area contributed by atoms with E-state index in [0.717, 1.165) is 17.1 Å². The number of hydrogen-bond donors (Lipinski definition) is 2. The van der Waals surface area contributed by atoms with E-state index >= 15 is 0 Å². The molecule has 0 unspecified atom stereocenters. The molecule has 0 aliphatic rings. The zero-order valence-corrected chi connectivity index (χ0v) is 14.5. The molecule has 0 aliphatic carbocycles. The molecule has 2 atom stereocenters. The molecule has 24 heavy (non-hydrogen) atoms.